The second-order valence-corrected chi connectivity index (χ2v) is 3.67. The molecule has 19 heavy (non-hydrogen) atoms. The van der Waals surface area contributed by atoms with Crippen molar-refractivity contribution in [3.8, 4) is 5.69 Å². The molecule has 0 saturated heterocycles. The second-order valence-electron chi connectivity index (χ2n) is 3.67. The molecule has 0 aliphatic carbocycles. The average Bonchev–Trinajstić information content (AvgIpc) is 2.76. The molecule has 0 saturated carbocycles. The highest BCUT2D eigenvalue weighted by atomic mass is 19.4. The maximum atomic E-state index is 12.4. The molecule has 2 N–H and O–H groups in total. The molecule has 0 atom stereocenters. The molecule has 0 spiro atoms. The highest BCUT2D eigenvalue weighted by Crippen LogP contribution is 2.30. The summed E-state index contributed by atoms with van der Waals surface area (Å²) in [4.78, 5) is 9.88. The van der Waals surface area contributed by atoms with Gasteiger partial charge in [-0.05, 0) is 12.1 Å². The van der Waals surface area contributed by atoms with Crippen molar-refractivity contribution in [1.82, 2.24) is 9.78 Å². The molecule has 6 nitrogen and oxygen atoms in total. The zero-order chi connectivity index (χ0) is 14.2. The zero-order valence-electron chi connectivity index (χ0n) is 9.26. The number of anilines is 1. The quantitative estimate of drug-likeness (QED) is 0.516. The molecule has 0 aliphatic heterocycles. The molecule has 100 valence electrons. The van der Waals surface area contributed by atoms with E-state index in [4.69, 9.17) is 5.73 Å². The van der Waals surface area contributed by atoms with Crippen LogP contribution in [0.2, 0.25) is 0 Å². The molecule has 0 radical (unpaired) electrons. The maximum Gasteiger partial charge on any atom is 0.419 e. The second kappa shape index (κ2) is 4.26. The van der Waals surface area contributed by atoms with E-state index in [0.717, 1.165) is 16.9 Å². The Hall–Kier alpha value is -2.58. The van der Waals surface area contributed by atoms with Crippen molar-refractivity contribution in [1.29, 1.82) is 0 Å². The van der Waals surface area contributed by atoms with Crippen molar-refractivity contribution in [2.45, 2.75) is 6.18 Å². The Morgan fingerprint density at radius 2 is 2.05 bits per heavy atom. The topological polar surface area (TPSA) is 87.0 Å². The lowest BCUT2D eigenvalue weighted by atomic mass is 10.2. The number of nitrogens with zero attached hydrogens (tertiary/aromatic N) is 3. The van der Waals surface area contributed by atoms with Crippen LogP contribution in [0.1, 0.15) is 5.56 Å². The van der Waals surface area contributed by atoms with Gasteiger partial charge in [0.15, 0.2) is 0 Å². The molecular formula is C10H7F3N4O2. The largest absolute Gasteiger partial charge is 0.419 e. The number of nitro benzene ring substituents is 1. The van der Waals surface area contributed by atoms with Crippen molar-refractivity contribution in [3.63, 3.8) is 0 Å². The summed E-state index contributed by atoms with van der Waals surface area (Å²) >= 11 is 0. The van der Waals surface area contributed by atoms with Gasteiger partial charge in [0.2, 0.25) is 0 Å². The smallest absolute Gasteiger partial charge is 0.393 e. The predicted molar refractivity (Wildman–Crippen MR) is 59.6 cm³/mol. The Morgan fingerprint density at radius 1 is 1.37 bits per heavy atom. The van der Waals surface area contributed by atoms with Gasteiger partial charge in [0.25, 0.3) is 5.69 Å². The van der Waals surface area contributed by atoms with Crippen molar-refractivity contribution in [3.05, 3.63) is 46.3 Å². The van der Waals surface area contributed by atoms with Crippen LogP contribution in [0.15, 0.2) is 30.6 Å². The summed E-state index contributed by atoms with van der Waals surface area (Å²) in [5.41, 5.74) is 4.28. The summed E-state index contributed by atoms with van der Waals surface area (Å²) in [6.07, 6.45) is -3.05. The van der Waals surface area contributed by atoms with E-state index < -0.39 is 16.7 Å². The number of nitro groups is 1. The molecule has 0 fully saturated rings. The van der Waals surface area contributed by atoms with Crippen LogP contribution in [0.5, 0.6) is 0 Å². The summed E-state index contributed by atoms with van der Waals surface area (Å²) in [5.74, 6) is 0. The Kier molecular flexibility index (Phi) is 2.89. The lowest BCUT2D eigenvalue weighted by molar-refractivity contribution is -0.383. The third-order valence-corrected chi connectivity index (χ3v) is 2.38. The van der Waals surface area contributed by atoms with Gasteiger partial charge in [-0.3, -0.25) is 10.1 Å². The molecule has 0 aliphatic rings. The molecule has 2 rings (SSSR count). The van der Waals surface area contributed by atoms with Gasteiger partial charge < -0.3 is 5.73 Å². The van der Waals surface area contributed by atoms with E-state index in [1.807, 2.05) is 0 Å². The Morgan fingerprint density at radius 3 is 2.53 bits per heavy atom. The van der Waals surface area contributed by atoms with E-state index in [2.05, 4.69) is 5.10 Å². The molecule has 1 heterocycles. The molecule has 0 unspecified atom stereocenters. The van der Waals surface area contributed by atoms with Crippen LogP contribution in [0.25, 0.3) is 5.69 Å². The van der Waals surface area contributed by atoms with Crippen LogP contribution in [0.3, 0.4) is 0 Å². The number of aromatic nitrogens is 2. The number of benzene rings is 1. The highest BCUT2D eigenvalue weighted by Gasteiger charge is 2.32. The van der Waals surface area contributed by atoms with Crippen LogP contribution >= 0.6 is 0 Å². The molecule has 1 aromatic carbocycles. The Balaban J connectivity index is 2.40. The van der Waals surface area contributed by atoms with E-state index in [1.54, 1.807) is 0 Å². The van der Waals surface area contributed by atoms with Crippen LogP contribution < -0.4 is 5.73 Å². The molecular weight excluding hydrogens is 265 g/mol. The van der Waals surface area contributed by atoms with Crippen LogP contribution in [0.4, 0.5) is 24.5 Å². The van der Waals surface area contributed by atoms with Gasteiger partial charge >= 0.3 is 6.18 Å². The van der Waals surface area contributed by atoms with E-state index in [1.165, 1.54) is 12.1 Å². The van der Waals surface area contributed by atoms with Crippen molar-refractivity contribution in [2.24, 2.45) is 0 Å². The third-order valence-electron chi connectivity index (χ3n) is 2.38. The predicted octanol–water partition coefficient (Wildman–Crippen LogP) is 2.38. The number of alkyl halides is 3. The number of hydrogen-bond donors (Lipinski definition) is 1. The lowest BCUT2D eigenvalue weighted by Crippen LogP contribution is -2.03. The van der Waals surface area contributed by atoms with E-state index >= 15 is 0 Å². The van der Waals surface area contributed by atoms with Crippen LogP contribution in [-0.4, -0.2) is 14.7 Å². The fourth-order valence-corrected chi connectivity index (χ4v) is 1.46. The first-order valence-electron chi connectivity index (χ1n) is 4.95. The van der Waals surface area contributed by atoms with Gasteiger partial charge in [0.05, 0.1) is 22.4 Å². The van der Waals surface area contributed by atoms with Crippen molar-refractivity contribution in [2.75, 3.05) is 5.73 Å². The fourth-order valence-electron chi connectivity index (χ4n) is 1.46. The molecule has 2 aromatic rings. The van der Waals surface area contributed by atoms with E-state index in [9.17, 15) is 23.3 Å². The Labute approximate surface area is 104 Å². The molecule has 1 aromatic heterocycles. The Bertz CT molecular complexity index is 636. The number of hydrogen-bond acceptors (Lipinski definition) is 4. The zero-order valence-corrected chi connectivity index (χ0v) is 9.26. The number of rotatable bonds is 2. The summed E-state index contributed by atoms with van der Waals surface area (Å²) in [6, 6.07) is 3.56. The van der Waals surface area contributed by atoms with Crippen LogP contribution in [0, 0.1) is 10.1 Å². The summed E-state index contributed by atoms with van der Waals surface area (Å²) < 4.78 is 38.1. The van der Waals surface area contributed by atoms with Gasteiger partial charge in [-0.25, -0.2) is 4.68 Å². The van der Waals surface area contributed by atoms with E-state index in [-0.39, 0.29) is 17.1 Å². The summed E-state index contributed by atoms with van der Waals surface area (Å²) in [7, 11) is 0. The van der Waals surface area contributed by atoms with Gasteiger partial charge in [-0.1, -0.05) is 0 Å². The van der Waals surface area contributed by atoms with Gasteiger partial charge in [0, 0.05) is 12.3 Å². The highest BCUT2D eigenvalue weighted by molar-refractivity contribution is 5.62. The van der Waals surface area contributed by atoms with Gasteiger partial charge in [-0.2, -0.15) is 18.3 Å². The lowest BCUT2D eigenvalue weighted by Gasteiger charge is -2.04. The van der Waals surface area contributed by atoms with Crippen molar-refractivity contribution < 1.29 is 18.1 Å². The van der Waals surface area contributed by atoms with Gasteiger partial charge in [0.1, 0.15) is 5.69 Å². The third kappa shape index (κ3) is 2.49. The minimum absolute atomic E-state index is 0.147. The summed E-state index contributed by atoms with van der Waals surface area (Å²) in [5, 5.41) is 14.1. The number of halogens is 3. The molecule has 0 bridgehead atoms. The molecule has 9 heteroatoms. The van der Waals surface area contributed by atoms with E-state index in [0.29, 0.717) is 6.20 Å². The SMILES string of the molecule is Nc1cc(-n2cc(C(F)(F)F)cn2)ccc1[N+](=O)[O-]. The van der Waals surface area contributed by atoms with Crippen molar-refractivity contribution >= 4 is 11.4 Å². The first-order valence-corrected chi connectivity index (χ1v) is 4.95. The maximum absolute atomic E-state index is 12.4. The molecule has 0 amide bonds. The number of nitrogen functional groups attached to an aromatic ring is 1. The minimum Gasteiger partial charge on any atom is -0.393 e. The average molecular weight is 272 g/mol. The first kappa shape index (κ1) is 12.9. The van der Waals surface area contributed by atoms with Gasteiger partial charge in [-0.15, -0.1) is 0 Å². The summed E-state index contributed by atoms with van der Waals surface area (Å²) in [6.45, 7) is 0. The standard InChI is InChI=1S/C10H7F3N4O2/c11-10(12,13)6-4-15-16(5-6)7-1-2-9(17(18)19)8(14)3-7/h1-5H,14H2. The minimum atomic E-state index is -4.50. The first-order chi connectivity index (χ1) is 8.79. The fraction of sp³-hybridized carbons (Fsp3) is 0.100. The monoisotopic (exact) mass is 272 g/mol. The number of nitrogens with two attached hydrogens (primary N) is 1. The van der Waals surface area contributed by atoms with Crippen LogP contribution in [-0.2, 0) is 6.18 Å². The normalized spacial score (nSPS) is 11.5.